The Morgan fingerprint density at radius 2 is 2.04 bits per heavy atom. The van der Waals surface area contributed by atoms with Gasteiger partial charge < -0.3 is 8.94 Å². The average molecular weight is 356 g/mol. The van der Waals surface area contributed by atoms with E-state index in [0.717, 1.165) is 11.9 Å². The van der Waals surface area contributed by atoms with Gasteiger partial charge in [0, 0.05) is 16.8 Å². The summed E-state index contributed by atoms with van der Waals surface area (Å²) in [5.41, 5.74) is 3.97. The zero-order valence-electron chi connectivity index (χ0n) is 12.5. The number of hydroxylamine groups is 1. The van der Waals surface area contributed by atoms with Gasteiger partial charge in [0.2, 0.25) is 11.6 Å². The molecule has 0 aliphatic heterocycles. The number of benzene rings is 1. The molecule has 0 aliphatic rings. The van der Waals surface area contributed by atoms with Gasteiger partial charge in [-0.05, 0) is 36.4 Å². The minimum atomic E-state index is 0.146. The Morgan fingerprint density at radius 3 is 2.84 bits per heavy atom. The summed E-state index contributed by atoms with van der Waals surface area (Å²) in [5, 5.41) is 13.3. The summed E-state index contributed by atoms with van der Waals surface area (Å²) in [6.07, 6.45) is 2.71. The maximum absolute atomic E-state index is 8.76. The SMILES string of the molecule is ONC=Nc1c(-c2nc(-c3ccc(Cl)cc3)no2)oc2cccnc12. The molecule has 25 heavy (non-hydrogen) atoms. The topological polar surface area (TPSA) is 110 Å². The number of nitrogens with zero attached hydrogens (tertiary/aromatic N) is 4. The van der Waals surface area contributed by atoms with Crippen molar-refractivity contribution in [3.63, 3.8) is 0 Å². The van der Waals surface area contributed by atoms with Gasteiger partial charge in [-0.2, -0.15) is 4.98 Å². The lowest BCUT2D eigenvalue weighted by Crippen LogP contribution is -2.00. The predicted octanol–water partition coefficient (Wildman–Crippen LogP) is 3.84. The number of furan rings is 1. The van der Waals surface area contributed by atoms with Crippen LogP contribution in [0.1, 0.15) is 0 Å². The van der Waals surface area contributed by atoms with E-state index in [1.807, 2.05) is 5.48 Å². The first-order valence-corrected chi connectivity index (χ1v) is 7.54. The zero-order valence-corrected chi connectivity index (χ0v) is 13.3. The number of hydrogen-bond donors (Lipinski definition) is 2. The third kappa shape index (κ3) is 2.84. The third-order valence-corrected chi connectivity index (χ3v) is 3.65. The molecule has 0 saturated heterocycles. The number of pyridine rings is 1. The molecule has 0 amide bonds. The van der Waals surface area contributed by atoms with Gasteiger partial charge in [0.15, 0.2) is 5.58 Å². The van der Waals surface area contributed by atoms with Crippen LogP contribution in [0, 0.1) is 0 Å². The van der Waals surface area contributed by atoms with Gasteiger partial charge >= 0.3 is 0 Å². The third-order valence-electron chi connectivity index (χ3n) is 3.40. The van der Waals surface area contributed by atoms with Gasteiger partial charge in [0.1, 0.15) is 17.5 Å². The van der Waals surface area contributed by atoms with E-state index < -0.39 is 0 Å². The van der Waals surface area contributed by atoms with Crippen molar-refractivity contribution >= 4 is 34.7 Å². The first-order chi connectivity index (χ1) is 12.3. The van der Waals surface area contributed by atoms with Crippen molar-refractivity contribution in [3.05, 3.63) is 47.6 Å². The largest absolute Gasteiger partial charge is 0.447 e. The lowest BCUT2D eigenvalue weighted by atomic mass is 10.2. The Balaban J connectivity index is 1.82. The summed E-state index contributed by atoms with van der Waals surface area (Å²) in [4.78, 5) is 12.7. The van der Waals surface area contributed by atoms with Crippen LogP contribution in [0.2, 0.25) is 5.02 Å². The Hall–Kier alpha value is -3.23. The van der Waals surface area contributed by atoms with Crippen LogP contribution in [-0.4, -0.2) is 26.7 Å². The molecule has 4 aromatic rings. The number of nitrogens with one attached hydrogen (secondary N) is 1. The Kier molecular flexibility index (Phi) is 3.88. The second-order valence-corrected chi connectivity index (χ2v) is 5.38. The molecule has 0 aliphatic carbocycles. The fraction of sp³-hybridized carbons (Fsp3) is 0. The van der Waals surface area contributed by atoms with Gasteiger partial charge in [0.25, 0.3) is 5.89 Å². The highest BCUT2D eigenvalue weighted by Gasteiger charge is 2.22. The van der Waals surface area contributed by atoms with Crippen LogP contribution in [0.3, 0.4) is 0 Å². The van der Waals surface area contributed by atoms with Crippen LogP contribution in [0.15, 0.2) is 56.5 Å². The van der Waals surface area contributed by atoms with Gasteiger partial charge in [-0.3, -0.25) is 15.7 Å². The molecule has 0 atom stereocenters. The number of hydrogen-bond acceptors (Lipinski definition) is 7. The second-order valence-electron chi connectivity index (χ2n) is 4.95. The molecule has 0 unspecified atom stereocenters. The number of aromatic nitrogens is 3. The normalized spacial score (nSPS) is 11.4. The highest BCUT2D eigenvalue weighted by Crippen LogP contribution is 2.38. The number of rotatable bonds is 4. The molecule has 9 heteroatoms. The number of aliphatic imine (C=N–C) groups is 1. The molecule has 8 nitrogen and oxygen atoms in total. The fourth-order valence-electron chi connectivity index (χ4n) is 2.31. The highest BCUT2D eigenvalue weighted by atomic mass is 35.5. The van der Waals surface area contributed by atoms with E-state index in [-0.39, 0.29) is 11.7 Å². The summed E-state index contributed by atoms with van der Waals surface area (Å²) >= 11 is 5.89. The lowest BCUT2D eigenvalue weighted by Gasteiger charge is -1.93. The molecule has 0 bridgehead atoms. The molecule has 4 rings (SSSR count). The summed E-state index contributed by atoms with van der Waals surface area (Å²) in [6.45, 7) is 0. The van der Waals surface area contributed by atoms with E-state index >= 15 is 0 Å². The quantitative estimate of drug-likeness (QED) is 0.325. The van der Waals surface area contributed by atoms with Crippen molar-refractivity contribution in [1.29, 1.82) is 0 Å². The molecule has 3 heterocycles. The van der Waals surface area contributed by atoms with Crippen molar-refractivity contribution in [2.75, 3.05) is 0 Å². The van der Waals surface area contributed by atoms with E-state index in [1.165, 1.54) is 0 Å². The van der Waals surface area contributed by atoms with E-state index in [0.29, 0.717) is 27.6 Å². The van der Waals surface area contributed by atoms with Crippen molar-refractivity contribution in [3.8, 4) is 23.0 Å². The van der Waals surface area contributed by atoms with Crippen molar-refractivity contribution in [2.45, 2.75) is 0 Å². The highest BCUT2D eigenvalue weighted by molar-refractivity contribution is 6.30. The maximum atomic E-state index is 8.76. The van der Waals surface area contributed by atoms with E-state index in [4.69, 9.17) is 25.7 Å². The van der Waals surface area contributed by atoms with Gasteiger partial charge in [-0.15, -0.1) is 0 Å². The summed E-state index contributed by atoms with van der Waals surface area (Å²) in [6, 6.07) is 10.5. The first kappa shape index (κ1) is 15.3. The van der Waals surface area contributed by atoms with Crippen molar-refractivity contribution < 1.29 is 14.1 Å². The van der Waals surface area contributed by atoms with Crippen molar-refractivity contribution in [1.82, 2.24) is 20.6 Å². The van der Waals surface area contributed by atoms with Crippen LogP contribution in [0.4, 0.5) is 5.69 Å². The molecule has 0 fully saturated rings. The van der Waals surface area contributed by atoms with Crippen LogP contribution in [-0.2, 0) is 0 Å². The van der Waals surface area contributed by atoms with Crippen LogP contribution in [0.25, 0.3) is 34.1 Å². The Morgan fingerprint density at radius 1 is 1.20 bits per heavy atom. The molecule has 0 radical (unpaired) electrons. The number of halogens is 1. The molecular formula is C16H10ClN5O3. The molecule has 0 spiro atoms. The standard InChI is InChI=1S/C16H10ClN5O3/c17-10-5-3-9(4-6-10)15-21-16(25-22-15)14-13(19-8-20-23)12-11(24-14)2-1-7-18-12/h1-8,23H,(H,19,20). The van der Waals surface area contributed by atoms with Crippen molar-refractivity contribution in [2.24, 2.45) is 4.99 Å². The van der Waals surface area contributed by atoms with E-state index in [2.05, 4.69) is 20.1 Å². The average Bonchev–Trinajstić information content (AvgIpc) is 3.25. The maximum Gasteiger partial charge on any atom is 0.296 e. The van der Waals surface area contributed by atoms with E-state index in [9.17, 15) is 0 Å². The zero-order chi connectivity index (χ0) is 17.2. The molecule has 124 valence electrons. The van der Waals surface area contributed by atoms with Crippen LogP contribution >= 0.6 is 11.6 Å². The van der Waals surface area contributed by atoms with Crippen LogP contribution in [0.5, 0.6) is 0 Å². The molecule has 2 N–H and O–H groups in total. The van der Waals surface area contributed by atoms with Gasteiger partial charge in [-0.1, -0.05) is 16.8 Å². The molecule has 0 saturated carbocycles. The van der Waals surface area contributed by atoms with E-state index in [1.54, 1.807) is 42.6 Å². The molecular weight excluding hydrogens is 346 g/mol. The van der Waals surface area contributed by atoms with Gasteiger partial charge in [0.05, 0.1) is 0 Å². The Bertz CT molecular complexity index is 1060. The molecule has 1 aromatic carbocycles. The smallest absolute Gasteiger partial charge is 0.296 e. The molecule has 3 aromatic heterocycles. The first-order valence-electron chi connectivity index (χ1n) is 7.16. The predicted molar refractivity (Wildman–Crippen MR) is 90.8 cm³/mol. The second kappa shape index (κ2) is 6.34. The lowest BCUT2D eigenvalue weighted by molar-refractivity contribution is 0.240. The minimum absolute atomic E-state index is 0.146. The fourth-order valence-corrected chi connectivity index (χ4v) is 2.43. The summed E-state index contributed by atoms with van der Waals surface area (Å²) in [7, 11) is 0. The van der Waals surface area contributed by atoms with Gasteiger partial charge in [-0.25, -0.2) is 4.99 Å². The Labute approximate surface area is 145 Å². The van der Waals surface area contributed by atoms with Crippen LogP contribution < -0.4 is 5.48 Å². The summed E-state index contributed by atoms with van der Waals surface area (Å²) < 4.78 is 11.1. The number of fused-ring (bicyclic) bond motifs is 1. The summed E-state index contributed by atoms with van der Waals surface area (Å²) in [5.74, 6) is 0.788. The monoisotopic (exact) mass is 355 g/mol. The minimum Gasteiger partial charge on any atom is -0.447 e.